The number of benzene rings is 1. The summed E-state index contributed by atoms with van der Waals surface area (Å²) in [7, 11) is 2.74. The highest BCUT2D eigenvalue weighted by molar-refractivity contribution is 5.94. The third kappa shape index (κ3) is 3.50. The molecule has 110 valence electrons. The van der Waals surface area contributed by atoms with Crippen molar-refractivity contribution >= 4 is 11.9 Å². The van der Waals surface area contributed by atoms with Crippen molar-refractivity contribution in [2.24, 2.45) is 5.41 Å². The van der Waals surface area contributed by atoms with Gasteiger partial charge in [-0.3, -0.25) is 4.79 Å². The van der Waals surface area contributed by atoms with Crippen LogP contribution in [0, 0.1) is 12.3 Å². The molecule has 0 aliphatic heterocycles. The first-order valence-electron chi connectivity index (χ1n) is 6.20. The first-order chi connectivity index (χ1) is 9.20. The Kier molecular flexibility index (Phi) is 4.76. The standard InChI is InChI=1S/C15H20O5/c1-9-7-10(20-14(17)15(2,3)4)8-11(18-5)12(9)13(16)19-6/h7-8H,1-6H3. The molecule has 0 radical (unpaired) electrons. The molecule has 1 aromatic carbocycles. The Balaban J connectivity index is 3.18. The van der Waals surface area contributed by atoms with E-state index in [0.29, 0.717) is 22.6 Å². The zero-order valence-corrected chi connectivity index (χ0v) is 12.7. The molecule has 0 aromatic heterocycles. The molecule has 0 aliphatic carbocycles. The van der Waals surface area contributed by atoms with Gasteiger partial charge in [-0.15, -0.1) is 0 Å². The molecular formula is C15H20O5. The van der Waals surface area contributed by atoms with Crippen LogP contribution in [0.2, 0.25) is 0 Å². The van der Waals surface area contributed by atoms with E-state index in [1.165, 1.54) is 20.3 Å². The van der Waals surface area contributed by atoms with E-state index in [0.717, 1.165) is 0 Å². The molecular weight excluding hydrogens is 260 g/mol. The summed E-state index contributed by atoms with van der Waals surface area (Å²) in [6, 6.07) is 3.11. The second kappa shape index (κ2) is 5.94. The van der Waals surface area contributed by atoms with Crippen LogP contribution >= 0.6 is 0 Å². The second-order valence-electron chi connectivity index (χ2n) is 5.45. The number of hydrogen-bond acceptors (Lipinski definition) is 5. The van der Waals surface area contributed by atoms with Crippen LogP contribution in [-0.2, 0) is 9.53 Å². The predicted molar refractivity (Wildman–Crippen MR) is 74.2 cm³/mol. The summed E-state index contributed by atoms with van der Waals surface area (Å²) in [6.45, 7) is 7.02. The fourth-order valence-corrected chi connectivity index (χ4v) is 1.57. The highest BCUT2D eigenvalue weighted by Crippen LogP contribution is 2.30. The van der Waals surface area contributed by atoms with Gasteiger partial charge in [0.05, 0.1) is 19.6 Å². The van der Waals surface area contributed by atoms with Gasteiger partial charge in [0.15, 0.2) is 0 Å². The summed E-state index contributed by atoms with van der Waals surface area (Å²) in [5, 5.41) is 0. The maximum Gasteiger partial charge on any atom is 0.341 e. The fraction of sp³-hybridized carbons (Fsp3) is 0.467. The molecule has 0 saturated heterocycles. The lowest BCUT2D eigenvalue weighted by Crippen LogP contribution is -2.25. The molecule has 0 saturated carbocycles. The van der Waals surface area contributed by atoms with Gasteiger partial charge in [-0.25, -0.2) is 4.79 Å². The minimum absolute atomic E-state index is 0.313. The Bertz CT molecular complexity index is 526. The van der Waals surface area contributed by atoms with E-state index in [2.05, 4.69) is 0 Å². The molecule has 5 heteroatoms. The second-order valence-corrected chi connectivity index (χ2v) is 5.45. The van der Waals surface area contributed by atoms with Gasteiger partial charge in [0.1, 0.15) is 17.1 Å². The molecule has 0 spiro atoms. The number of methoxy groups -OCH3 is 2. The largest absolute Gasteiger partial charge is 0.496 e. The Labute approximate surface area is 118 Å². The first kappa shape index (κ1) is 16.0. The van der Waals surface area contributed by atoms with Gasteiger partial charge in [-0.2, -0.15) is 0 Å². The molecule has 1 aromatic rings. The van der Waals surface area contributed by atoms with Crippen LogP contribution in [0.4, 0.5) is 0 Å². The van der Waals surface area contributed by atoms with Gasteiger partial charge in [0.2, 0.25) is 0 Å². The van der Waals surface area contributed by atoms with Crippen LogP contribution in [0.25, 0.3) is 0 Å². The highest BCUT2D eigenvalue weighted by atomic mass is 16.5. The van der Waals surface area contributed by atoms with Gasteiger partial charge in [0.25, 0.3) is 0 Å². The maximum atomic E-state index is 11.9. The summed E-state index contributed by atoms with van der Waals surface area (Å²) in [5.41, 5.74) is 0.334. The van der Waals surface area contributed by atoms with Crippen molar-refractivity contribution in [3.8, 4) is 11.5 Å². The lowest BCUT2D eigenvalue weighted by Gasteiger charge is -2.18. The summed E-state index contributed by atoms with van der Waals surface area (Å²) in [4.78, 5) is 23.6. The molecule has 0 aliphatic rings. The van der Waals surface area contributed by atoms with Crippen LogP contribution in [0.1, 0.15) is 36.7 Å². The highest BCUT2D eigenvalue weighted by Gasteiger charge is 2.25. The van der Waals surface area contributed by atoms with E-state index < -0.39 is 11.4 Å². The molecule has 0 fully saturated rings. The number of hydrogen-bond donors (Lipinski definition) is 0. The molecule has 0 heterocycles. The van der Waals surface area contributed by atoms with Gasteiger partial charge < -0.3 is 14.2 Å². The average Bonchev–Trinajstić information content (AvgIpc) is 2.35. The Morgan fingerprint density at radius 1 is 1.10 bits per heavy atom. The van der Waals surface area contributed by atoms with Crippen molar-refractivity contribution in [3.63, 3.8) is 0 Å². The molecule has 0 N–H and O–H groups in total. The Hall–Kier alpha value is -2.04. The molecule has 5 nitrogen and oxygen atoms in total. The van der Waals surface area contributed by atoms with Crippen molar-refractivity contribution in [2.45, 2.75) is 27.7 Å². The number of carbonyl (C=O) groups excluding carboxylic acids is 2. The minimum Gasteiger partial charge on any atom is -0.496 e. The maximum absolute atomic E-state index is 11.9. The van der Waals surface area contributed by atoms with E-state index in [-0.39, 0.29) is 5.97 Å². The topological polar surface area (TPSA) is 61.8 Å². The van der Waals surface area contributed by atoms with Gasteiger partial charge in [0, 0.05) is 6.07 Å². The van der Waals surface area contributed by atoms with E-state index in [1.54, 1.807) is 33.8 Å². The SMILES string of the molecule is COC(=O)c1c(C)cc(OC(=O)C(C)(C)C)cc1OC. The zero-order chi connectivity index (χ0) is 15.5. The average molecular weight is 280 g/mol. The smallest absolute Gasteiger partial charge is 0.341 e. The first-order valence-corrected chi connectivity index (χ1v) is 6.20. The predicted octanol–water partition coefficient (Wildman–Crippen LogP) is 2.74. The third-order valence-corrected chi connectivity index (χ3v) is 2.71. The lowest BCUT2D eigenvalue weighted by molar-refractivity contribution is -0.143. The Morgan fingerprint density at radius 3 is 2.15 bits per heavy atom. The van der Waals surface area contributed by atoms with Crippen LogP contribution < -0.4 is 9.47 Å². The van der Waals surface area contributed by atoms with Crippen molar-refractivity contribution in [2.75, 3.05) is 14.2 Å². The van der Waals surface area contributed by atoms with Gasteiger partial charge >= 0.3 is 11.9 Å². The van der Waals surface area contributed by atoms with Crippen molar-refractivity contribution in [1.82, 2.24) is 0 Å². The molecule has 0 amide bonds. The number of esters is 2. The van der Waals surface area contributed by atoms with Gasteiger partial charge in [-0.1, -0.05) is 0 Å². The van der Waals surface area contributed by atoms with Crippen LogP contribution in [0.3, 0.4) is 0 Å². The molecule has 20 heavy (non-hydrogen) atoms. The fourth-order valence-electron chi connectivity index (χ4n) is 1.57. The Morgan fingerprint density at radius 2 is 1.70 bits per heavy atom. The lowest BCUT2D eigenvalue weighted by atomic mass is 9.97. The van der Waals surface area contributed by atoms with E-state index in [4.69, 9.17) is 14.2 Å². The molecule has 1 rings (SSSR count). The number of aryl methyl sites for hydroxylation is 1. The monoisotopic (exact) mass is 280 g/mol. The van der Waals surface area contributed by atoms with Crippen LogP contribution in [-0.4, -0.2) is 26.2 Å². The molecule has 0 bridgehead atoms. The quantitative estimate of drug-likeness (QED) is 0.629. The summed E-state index contributed by atoms with van der Waals surface area (Å²) >= 11 is 0. The number of ether oxygens (including phenoxy) is 3. The van der Waals surface area contributed by atoms with Crippen molar-refractivity contribution in [3.05, 3.63) is 23.3 Å². The summed E-state index contributed by atoms with van der Waals surface area (Å²) in [5.74, 6) is -0.196. The van der Waals surface area contributed by atoms with Crippen LogP contribution in [0.15, 0.2) is 12.1 Å². The number of rotatable bonds is 3. The summed E-state index contributed by atoms with van der Waals surface area (Å²) < 4.78 is 15.2. The zero-order valence-electron chi connectivity index (χ0n) is 12.7. The van der Waals surface area contributed by atoms with E-state index >= 15 is 0 Å². The van der Waals surface area contributed by atoms with Crippen molar-refractivity contribution < 1.29 is 23.8 Å². The minimum atomic E-state index is -0.609. The van der Waals surface area contributed by atoms with Gasteiger partial charge in [-0.05, 0) is 39.3 Å². The van der Waals surface area contributed by atoms with Crippen molar-refractivity contribution in [1.29, 1.82) is 0 Å². The molecule has 0 unspecified atom stereocenters. The van der Waals surface area contributed by atoms with E-state index in [1.807, 2.05) is 0 Å². The van der Waals surface area contributed by atoms with E-state index in [9.17, 15) is 9.59 Å². The normalized spacial score (nSPS) is 10.9. The van der Waals surface area contributed by atoms with Crippen LogP contribution in [0.5, 0.6) is 11.5 Å². The third-order valence-electron chi connectivity index (χ3n) is 2.71. The number of carbonyl (C=O) groups is 2. The molecule has 0 atom stereocenters. The summed E-state index contributed by atoms with van der Waals surface area (Å²) in [6.07, 6.45) is 0.